The van der Waals surface area contributed by atoms with E-state index in [1.54, 1.807) is 19.2 Å². The molecule has 4 rings (SSSR count). The summed E-state index contributed by atoms with van der Waals surface area (Å²) in [7, 11) is 1.60. The number of nitrogens with one attached hydrogen (secondary N) is 2. The van der Waals surface area contributed by atoms with Gasteiger partial charge in [0.25, 0.3) is 0 Å². The molecule has 11 heteroatoms. The zero-order valence-electron chi connectivity index (χ0n) is 18.7. The Hall–Kier alpha value is -2.33. The summed E-state index contributed by atoms with van der Waals surface area (Å²) in [4.78, 5) is 30.9. The highest BCUT2D eigenvalue weighted by Crippen LogP contribution is 2.35. The molecule has 180 valence electrons. The second-order valence-electron chi connectivity index (χ2n) is 8.02. The molecule has 34 heavy (non-hydrogen) atoms. The van der Waals surface area contributed by atoms with Crippen molar-refractivity contribution in [2.75, 3.05) is 25.0 Å². The van der Waals surface area contributed by atoms with E-state index in [1.165, 1.54) is 4.90 Å². The molecule has 1 aliphatic rings. The Balaban J connectivity index is 1.48. The third kappa shape index (κ3) is 5.02. The second kappa shape index (κ2) is 10.5. The number of aromatic nitrogens is 2. The predicted molar refractivity (Wildman–Crippen MR) is 136 cm³/mol. The monoisotopic (exact) mass is 567 g/mol. The SMILES string of the molecule is Cc1nc2c(OCc3c(Cl)ccc(N(C)C(=O)CNC(=O)[C@@H]4CCCN4)c3Cl)cccn2c1Br. The standard InChI is InChI=1S/C23H24BrCl2N5O3/c1-13-21(24)31-10-4-6-18(22(31)29-13)34-12-14-15(25)7-8-17(20(14)26)30(2)19(32)11-28-23(33)16-5-3-9-27-16/h4,6-8,10,16,27H,3,5,9,11-12H2,1-2H3,(H,28,33)/t16-/m0/s1. The maximum absolute atomic E-state index is 12.7. The number of anilines is 1. The minimum atomic E-state index is -0.301. The van der Waals surface area contributed by atoms with Gasteiger partial charge in [-0.25, -0.2) is 4.98 Å². The number of carbonyl (C=O) groups is 2. The number of fused-ring (bicyclic) bond motifs is 1. The smallest absolute Gasteiger partial charge is 0.246 e. The minimum Gasteiger partial charge on any atom is -0.485 e. The molecule has 2 N–H and O–H groups in total. The van der Waals surface area contributed by atoms with Gasteiger partial charge in [-0.05, 0) is 66.5 Å². The maximum atomic E-state index is 12.7. The summed E-state index contributed by atoms with van der Waals surface area (Å²) >= 11 is 16.6. The number of halogens is 3. The first-order chi connectivity index (χ1) is 16.3. The van der Waals surface area contributed by atoms with Crippen LogP contribution < -0.4 is 20.3 Å². The topological polar surface area (TPSA) is 88.0 Å². The highest BCUT2D eigenvalue weighted by molar-refractivity contribution is 9.10. The van der Waals surface area contributed by atoms with E-state index < -0.39 is 0 Å². The lowest BCUT2D eigenvalue weighted by molar-refractivity contribution is -0.126. The fourth-order valence-corrected chi connectivity index (χ4v) is 4.79. The lowest BCUT2D eigenvalue weighted by Gasteiger charge is -2.22. The molecule has 0 radical (unpaired) electrons. The maximum Gasteiger partial charge on any atom is 0.246 e. The van der Waals surface area contributed by atoms with Crippen LogP contribution in [0, 0.1) is 6.92 Å². The van der Waals surface area contributed by atoms with Crippen molar-refractivity contribution >= 4 is 62.3 Å². The molecule has 0 unspecified atom stereocenters. The van der Waals surface area contributed by atoms with Crippen molar-refractivity contribution in [1.29, 1.82) is 0 Å². The molecule has 8 nitrogen and oxygen atoms in total. The number of amides is 2. The number of hydrogen-bond donors (Lipinski definition) is 2. The third-order valence-electron chi connectivity index (χ3n) is 5.78. The van der Waals surface area contributed by atoms with E-state index in [-0.39, 0.29) is 31.0 Å². The summed E-state index contributed by atoms with van der Waals surface area (Å²) in [6, 6.07) is 6.77. The summed E-state index contributed by atoms with van der Waals surface area (Å²) in [6.45, 7) is 2.66. The Bertz CT molecular complexity index is 1240. The van der Waals surface area contributed by atoms with E-state index in [4.69, 9.17) is 27.9 Å². The summed E-state index contributed by atoms with van der Waals surface area (Å²) in [5.41, 5.74) is 2.52. The number of aryl methyl sites for hydroxylation is 1. The summed E-state index contributed by atoms with van der Waals surface area (Å²) in [5, 5.41) is 6.53. The van der Waals surface area contributed by atoms with Gasteiger partial charge in [0.2, 0.25) is 11.8 Å². The van der Waals surface area contributed by atoms with Crippen molar-refractivity contribution in [1.82, 2.24) is 20.0 Å². The van der Waals surface area contributed by atoms with Crippen molar-refractivity contribution in [2.45, 2.75) is 32.4 Å². The number of ether oxygens (including phenoxy) is 1. The molecule has 1 aromatic carbocycles. The number of nitrogens with zero attached hydrogens (tertiary/aromatic N) is 3. The predicted octanol–water partition coefficient (Wildman–Crippen LogP) is 4.12. The van der Waals surface area contributed by atoms with Gasteiger partial charge in [0.15, 0.2) is 11.4 Å². The van der Waals surface area contributed by atoms with Crippen LogP contribution in [0.4, 0.5) is 5.69 Å². The van der Waals surface area contributed by atoms with Crippen LogP contribution in [0.2, 0.25) is 10.0 Å². The Morgan fingerprint density at radius 1 is 1.35 bits per heavy atom. The van der Waals surface area contributed by atoms with E-state index in [0.29, 0.717) is 32.7 Å². The second-order valence-corrected chi connectivity index (χ2v) is 9.56. The molecule has 1 fully saturated rings. The third-order valence-corrected chi connectivity index (χ3v) is 7.51. The van der Waals surface area contributed by atoms with Crippen LogP contribution in [0.5, 0.6) is 5.75 Å². The molecule has 3 heterocycles. The number of pyridine rings is 1. The molecular weight excluding hydrogens is 545 g/mol. The Morgan fingerprint density at radius 3 is 2.88 bits per heavy atom. The fraction of sp³-hybridized carbons (Fsp3) is 0.348. The summed E-state index contributed by atoms with van der Waals surface area (Å²) < 4.78 is 8.76. The molecule has 2 amide bonds. The zero-order chi connectivity index (χ0) is 24.4. The Morgan fingerprint density at radius 2 is 2.15 bits per heavy atom. The zero-order valence-corrected chi connectivity index (χ0v) is 21.8. The largest absolute Gasteiger partial charge is 0.485 e. The van der Waals surface area contributed by atoms with Crippen LogP contribution in [0.25, 0.3) is 5.65 Å². The van der Waals surface area contributed by atoms with Crippen molar-refractivity contribution in [3.63, 3.8) is 0 Å². The van der Waals surface area contributed by atoms with Crippen LogP contribution >= 0.6 is 39.1 Å². The molecule has 0 spiro atoms. The highest BCUT2D eigenvalue weighted by Gasteiger charge is 2.24. The molecule has 3 aromatic rings. The average Bonchev–Trinajstić information content (AvgIpc) is 3.46. The molecule has 1 saturated heterocycles. The first-order valence-electron chi connectivity index (χ1n) is 10.8. The van der Waals surface area contributed by atoms with E-state index in [1.807, 2.05) is 29.7 Å². The van der Waals surface area contributed by atoms with E-state index in [9.17, 15) is 9.59 Å². The van der Waals surface area contributed by atoms with Crippen molar-refractivity contribution < 1.29 is 14.3 Å². The summed E-state index contributed by atoms with van der Waals surface area (Å²) in [5.74, 6) is 0.0944. The van der Waals surface area contributed by atoms with Gasteiger partial charge in [-0.1, -0.05) is 23.2 Å². The van der Waals surface area contributed by atoms with Gasteiger partial charge in [-0.3, -0.25) is 14.0 Å². The molecule has 0 saturated carbocycles. The van der Waals surface area contributed by atoms with Gasteiger partial charge in [-0.2, -0.15) is 0 Å². The first-order valence-corrected chi connectivity index (χ1v) is 12.3. The molecule has 2 aromatic heterocycles. The lowest BCUT2D eigenvalue weighted by Crippen LogP contribution is -2.45. The van der Waals surface area contributed by atoms with E-state index >= 15 is 0 Å². The van der Waals surface area contributed by atoms with E-state index in [0.717, 1.165) is 29.7 Å². The minimum absolute atomic E-state index is 0.0841. The quantitative estimate of drug-likeness (QED) is 0.447. The normalized spacial score (nSPS) is 15.5. The molecular formula is C23H24BrCl2N5O3. The highest BCUT2D eigenvalue weighted by atomic mass is 79.9. The molecule has 0 bridgehead atoms. The van der Waals surface area contributed by atoms with E-state index in [2.05, 4.69) is 31.5 Å². The summed E-state index contributed by atoms with van der Waals surface area (Å²) in [6.07, 6.45) is 3.60. The Kier molecular flexibility index (Phi) is 7.67. The number of imidazole rings is 1. The van der Waals surface area contributed by atoms with Crippen LogP contribution in [-0.4, -0.2) is 47.4 Å². The number of rotatable bonds is 7. The molecule has 0 aliphatic carbocycles. The van der Waals surface area contributed by atoms with Crippen LogP contribution in [0.3, 0.4) is 0 Å². The molecule has 1 atom stereocenters. The first kappa shape index (κ1) is 24.8. The van der Waals surface area contributed by atoms with Gasteiger partial charge in [0.1, 0.15) is 11.2 Å². The van der Waals surface area contributed by atoms with Crippen LogP contribution in [0.1, 0.15) is 24.1 Å². The van der Waals surface area contributed by atoms with Crippen LogP contribution in [0.15, 0.2) is 35.1 Å². The fourth-order valence-electron chi connectivity index (χ4n) is 3.81. The van der Waals surface area contributed by atoms with Crippen molar-refractivity contribution in [3.8, 4) is 5.75 Å². The van der Waals surface area contributed by atoms with Gasteiger partial charge in [0.05, 0.1) is 29.0 Å². The van der Waals surface area contributed by atoms with Gasteiger partial charge in [0, 0.05) is 23.8 Å². The van der Waals surface area contributed by atoms with Crippen molar-refractivity contribution in [2.24, 2.45) is 0 Å². The average molecular weight is 569 g/mol. The molecule has 1 aliphatic heterocycles. The number of hydrogen-bond acceptors (Lipinski definition) is 5. The van der Waals surface area contributed by atoms with Gasteiger partial charge < -0.3 is 20.3 Å². The number of carbonyl (C=O) groups excluding carboxylic acids is 2. The van der Waals surface area contributed by atoms with Gasteiger partial charge in [-0.15, -0.1) is 0 Å². The lowest BCUT2D eigenvalue weighted by atomic mass is 10.2. The number of benzene rings is 1. The Labute approximate surface area is 215 Å². The van der Waals surface area contributed by atoms with Crippen molar-refractivity contribution in [3.05, 3.63) is 56.4 Å². The van der Waals surface area contributed by atoms with Crippen LogP contribution in [-0.2, 0) is 16.2 Å². The van der Waals surface area contributed by atoms with Gasteiger partial charge >= 0.3 is 0 Å². The number of likely N-dealkylation sites (N-methyl/N-ethyl adjacent to an activating group) is 1.